The quantitative estimate of drug-likeness (QED) is 0.296. The Morgan fingerprint density at radius 1 is 1.13 bits per heavy atom. The predicted molar refractivity (Wildman–Crippen MR) is 178 cm³/mol. The number of fused-ring (bicyclic) bond motifs is 1. The summed E-state index contributed by atoms with van der Waals surface area (Å²) in [6.07, 6.45) is 3.28. The molecule has 47 heavy (non-hydrogen) atoms. The summed E-state index contributed by atoms with van der Waals surface area (Å²) in [4.78, 5) is 41.9. The second-order valence-electron chi connectivity index (χ2n) is 12.4. The van der Waals surface area contributed by atoms with Gasteiger partial charge in [0, 0.05) is 75.3 Å². The zero-order chi connectivity index (χ0) is 33.1. The molecule has 2 amide bonds. The highest BCUT2D eigenvalue weighted by Gasteiger charge is 2.35. The number of nitrogens with zero attached hydrogens (tertiary/aromatic N) is 5. The number of amides is 2. The van der Waals surface area contributed by atoms with Gasteiger partial charge in [0.2, 0.25) is 11.9 Å². The number of anilines is 2. The fourth-order valence-corrected chi connectivity index (χ4v) is 6.61. The smallest absolute Gasteiger partial charge is 0.255 e. The van der Waals surface area contributed by atoms with Crippen LogP contribution in [0.4, 0.5) is 16.0 Å². The molecule has 2 atom stereocenters. The van der Waals surface area contributed by atoms with Crippen LogP contribution >= 0.6 is 11.6 Å². The van der Waals surface area contributed by atoms with Crippen LogP contribution in [0.1, 0.15) is 54.2 Å². The Hall–Kier alpha value is -3.84. The van der Waals surface area contributed by atoms with Crippen molar-refractivity contribution in [1.29, 1.82) is 0 Å². The van der Waals surface area contributed by atoms with E-state index in [4.69, 9.17) is 16.3 Å². The Bertz CT molecular complexity index is 1610. The van der Waals surface area contributed by atoms with Gasteiger partial charge in [-0.1, -0.05) is 23.7 Å². The van der Waals surface area contributed by atoms with Crippen LogP contribution in [-0.2, 0) is 16.1 Å². The molecule has 1 aromatic heterocycles. The zero-order valence-corrected chi connectivity index (χ0v) is 27.5. The number of aliphatic hydroxyl groups excluding tert-OH is 1. The molecule has 0 radical (unpaired) electrons. The van der Waals surface area contributed by atoms with Crippen LogP contribution < -0.4 is 15.5 Å². The van der Waals surface area contributed by atoms with Gasteiger partial charge < -0.3 is 30.3 Å². The molecule has 2 fully saturated rings. The van der Waals surface area contributed by atoms with Crippen LogP contribution in [0.5, 0.6) is 0 Å². The van der Waals surface area contributed by atoms with E-state index in [2.05, 4.69) is 30.4 Å². The van der Waals surface area contributed by atoms with Gasteiger partial charge in [-0.3, -0.25) is 14.5 Å². The van der Waals surface area contributed by atoms with Crippen molar-refractivity contribution in [3.05, 3.63) is 70.1 Å². The van der Waals surface area contributed by atoms with Gasteiger partial charge in [-0.15, -0.1) is 0 Å². The van der Waals surface area contributed by atoms with Crippen molar-refractivity contribution in [1.82, 2.24) is 25.1 Å². The van der Waals surface area contributed by atoms with Gasteiger partial charge in [0.05, 0.1) is 29.6 Å². The topological polar surface area (TPSA) is 123 Å². The van der Waals surface area contributed by atoms with E-state index in [0.29, 0.717) is 53.1 Å². The number of rotatable bonds is 10. The summed E-state index contributed by atoms with van der Waals surface area (Å²) in [5.74, 6) is -0.489. The second kappa shape index (κ2) is 14.5. The van der Waals surface area contributed by atoms with Crippen molar-refractivity contribution < 1.29 is 23.8 Å². The van der Waals surface area contributed by atoms with Crippen LogP contribution in [0.15, 0.2) is 42.6 Å². The molecule has 2 saturated heterocycles. The van der Waals surface area contributed by atoms with Crippen molar-refractivity contribution in [3.63, 3.8) is 0 Å². The molecular weight excluding hydrogens is 625 g/mol. The molecule has 13 heteroatoms. The number of hydrogen-bond donors (Lipinski definition) is 3. The lowest BCUT2D eigenvalue weighted by Crippen LogP contribution is -2.47. The van der Waals surface area contributed by atoms with Gasteiger partial charge in [0.25, 0.3) is 5.91 Å². The number of hydrogen-bond acceptors (Lipinski definition) is 9. The average Bonchev–Trinajstić information content (AvgIpc) is 3.41. The number of aliphatic hydroxyl groups is 1. The van der Waals surface area contributed by atoms with Gasteiger partial charge in [-0.25, -0.2) is 14.4 Å². The average molecular weight is 666 g/mol. The number of piperazine rings is 1. The largest absolute Gasteiger partial charge is 0.395 e. The van der Waals surface area contributed by atoms with Gasteiger partial charge in [-0.05, 0) is 62.1 Å². The maximum absolute atomic E-state index is 14.7. The molecule has 3 N–H and O–H groups in total. The molecule has 0 aliphatic carbocycles. The van der Waals surface area contributed by atoms with Crippen LogP contribution in [0.25, 0.3) is 11.3 Å². The normalized spacial score (nSPS) is 18.6. The lowest BCUT2D eigenvalue weighted by atomic mass is 10.0. The van der Waals surface area contributed by atoms with Gasteiger partial charge in [0.1, 0.15) is 11.9 Å². The second-order valence-corrected chi connectivity index (χ2v) is 12.8. The summed E-state index contributed by atoms with van der Waals surface area (Å²) in [7, 11) is 0. The standard InChI is InChI=1S/C34H41ClFN7O4/c1-21(25-15-26(36)18-28(16-25)42-9-7-41(8-10-42)11-12-44)38-32(45)22(2)43-20-24-4-3-23(17-29(24)33(43)46)31-30(35)19-37-34(40-31)39-27-5-13-47-14-6-27/h3-4,15-19,21-22,27,44H,5-14,20H2,1-2H3,(H,38,45)(H,37,39,40). The number of ether oxygens (including phenoxy) is 1. The van der Waals surface area contributed by atoms with Crippen molar-refractivity contribution in [3.8, 4) is 11.3 Å². The number of benzene rings is 2. The molecule has 0 saturated carbocycles. The fourth-order valence-electron chi connectivity index (χ4n) is 6.41. The van der Waals surface area contributed by atoms with Crippen LogP contribution in [-0.4, -0.2) is 101 Å². The molecule has 0 spiro atoms. The zero-order valence-electron chi connectivity index (χ0n) is 26.7. The molecule has 3 aromatic rings. The van der Waals surface area contributed by atoms with Crippen molar-refractivity contribution in [2.75, 3.05) is 62.8 Å². The lowest BCUT2D eigenvalue weighted by molar-refractivity contribution is -0.125. The number of aromatic nitrogens is 2. The molecule has 3 aliphatic rings. The molecule has 3 aliphatic heterocycles. The number of nitrogens with one attached hydrogen (secondary N) is 2. The van der Waals surface area contributed by atoms with E-state index in [1.54, 1.807) is 24.1 Å². The first-order valence-corrected chi connectivity index (χ1v) is 16.6. The Labute approximate surface area is 279 Å². The van der Waals surface area contributed by atoms with E-state index in [1.807, 2.05) is 25.1 Å². The Morgan fingerprint density at radius 2 is 1.89 bits per heavy atom. The van der Waals surface area contributed by atoms with E-state index >= 15 is 0 Å². The Kier molecular flexibility index (Phi) is 10.2. The highest BCUT2D eigenvalue weighted by molar-refractivity contribution is 6.33. The maximum Gasteiger partial charge on any atom is 0.255 e. The third-order valence-electron chi connectivity index (χ3n) is 9.28. The maximum atomic E-state index is 14.7. The first-order valence-electron chi connectivity index (χ1n) is 16.2. The lowest BCUT2D eigenvalue weighted by Gasteiger charge is -2.36. The summed E-state index contributed by atoms with van der Waals surface area (Å²) < 4.78 is 20.2. The monoisotopic (exact) mass is 665 g/mol. The molecule has 250 valence electrons. The van der Waals surface area contributed by atoms with Crippen LogP contribution in [0, 0.1) is 5.82 Å². The van der Waals surface area contributed by atoms with Gasteiger partial charge in [-0.2, -0.15) is 0 Å². The van der Waals surface area contributed by atoms with Crippen molar-refractivity contribution in [2.45, 2.75) is 51.4 Å². The van der Waals surface area contributed by atoms with E-state index in [1.165, 1.54) is 12.1 Å². The third-order valence-corrected chi connectivity index (χ3v) is 9.55. The summed E-state index contributed by atoms with van der Waals surface area (Å²) in [5.41, 5.74) is 3.92. The minimum atomic E-state index is -0.758. The highest BCUT2D eigenvalue weighted by atomic mass is 35.5. The summed E-state index contributed by atoms with van der Waals surface area (Å²) in [6.45, 7) is 8.92. The minimum absolute atomic E-state index is 0.115. The fraction of sp³-hybridized carbons (Fsp3) is 0.471. The van der Waals surface area contributed by atoms with E-state index in [0.717, 1.165) is 50.3 Å². The van der Waals surface area contributed by atoms with E-state index in [9.17, 15) is 19.1 Å². The number of β-amino-alcohol motifs (C(OH)–C–C–N with tert-alkyl or cyclic N) is 1. The molecule has 2 aromatic carbocycles. The van der Waals surface area contributed by atoms with Crippen molar-refractivity contribution in [2.24, 2.45) is 0 Å². The number of halogens is 2. The van der Waals surface area contributed by atoms with E-state index in [-0.39, 0.29) is 36.8 Å². The molecule has 2 unspecified atom stereocenters. The predicted octanol–water partition coefficient (Wildman–Crippen LogP) is 3.86. The first kappa shape index (κ1) is 33.1. The first-order chi connectivity index (χ1) is 22.7. The molecule has 4 heterocycles. The highest BCUT2D eigenvalue weighted by Crippen LogP contribution is 2.33. The summed E-state index contributed by atoms with van der Waals surface area (Å²) in [6, 6.07) is 9.34. The molecular formula is C34H41ClFN7O4. The SMILES string of the molecule is CC(NC(=O)C(C)N1Cc2ccc(-c3nc(NC4CCOCC4)ncc3Cl)cc2C1=O)c1cc(F)cc(N2CCN(CCO)CC2)c1. The summed E-state index contributed by atoms with van der Waals surface area (Å²) in [5, 5.41) is 15.9. The van der Waals surface area contributed by atoms with E-state index < -0.39 is 12.1 Å². The van der Waals surface area contributed by atoms with Crippen LogP contribution in [0.2, 0.25) is 5.02 Å². The minimum Gasteiger partial charge on any atom is -0.395 e. The number of carbonyl (C=O) groups is 2. The molecule has 6 rings (SSSR count). The Balaban J connectivity index is 1.11. The Morgan fingerprint density at radius 3 is 2.64 bits per heavy atom. The van der Waals surface area contributed by atoms with Gasteiger partial charge in [0.15, 0.2) is 0 Å². The summed E-state index contributed by atoms with van der Waals surface area (Å²) >= 11 is 6.50. The molecule has 0 bridgehead atoms. The molecule has 11 nitrogen and oxygen atoms in total. The van der Waals surface area contributed by atoms with Gasteiger partial charge >= 0.3 is 0 Å². The third kappa shape index (κ3) is 7.51. The van der Waals surface area contributed by atoms with Crippen LogP contribution in [0.3, 0.4) is 0 Å². The number of carbonyl (C=O) groups excluding carboxylic acids is 2. The van der Waals surface area contributed by atoms with Crippen molar-refractivity contribution >= 4 is 35.1 Å².